The van der Waals surface area contributed by atoms with E-state index in [9.17, 15) is 9.59 Å². The van der Waals surface area contributed by atoms with E-state index in [0.29, 0.717) is 17.7 Å². The van der Waals surface area contributed by atoms with Crippen molar-refractivity contribution < 1.29 is 14.3 Å². The number of rotatable bonds is 5. The van der Waals surface area contributed by atoms with Crippen molar-refractivity contribution in [2.24, 2.45) is 0 Å². The summed E-state index contributed by atoms with van der Waals surface area (Å²) in [7, 11) is 0. The quantitative estimate of drug-likeness (QED) is 0.675. The van der Waals surface area contributed by atoms with Crippen molar-refractivity contribution in [1.82, 2.24) is 4.98 Å². The van der Waals surface area contributed by atoms with Crippen LogP contribution >= 0.6 is 0 Å². The highest BCUT2D eigenvalue weighted by atomic mass is 16.5. The number of carbonyl (C=O) groups is 2. The molecule has 6 nitrogen and oxygen atoms in total. The molecule has 1 aliphatic rings. The van der Waals surface area contributed by atoms with Crippen LogP contribution in [-0.4, -0.2) is 29.3 Å². The van der Waals surface area contributed by atoms with Gasteiger partial charge in [0.2, 0.25) is 0 Å². The number of anilines is 2. The summed E-state index contributed by atoms with van der Waals surface area (Å²) in [6, 6.07) is 20.6. The minimum atomic E-state index is -0.638. The van der Waals surface area contributed by atoms with E-state index in [-0.39, 0.29) is 29.9 Å². The minimum absolute atomic E-state index is 0.118. The highest BCUT2D eigenvalue weighted by molar-refractivity contribution is 6.07. The molecule has 6 heteroatoms. The predicted octanol–water partition coefficient (Wildman–Crippen LogP) is 3.72. The average Bonchev–Trinajstić information content (AvgIpc) is 2.76. The number of nitrogens with zero attached hydrogens (tertiary/aromatic N) is 2. The standard InChI is InChI=1S/C23H21N3O3/c1-2-19-23(28)26(22-20(29-19)12-13-21(24)25-22)14-18(27)17-10-8-16(9-11-17)15-6-4-3-5-7-15/h3-13,19H,2,14H2,1H3,(H2,24,25). The summed E-state index contributed by atoms with van der Waals surface area (Å²) >= 11 is 0. The van der Waals surface area contributed by atoms with E-state index < -0.39 is 6.10 Å². The first kappa shape index (κ1) is 18.7. The summed E-state index contributed by atoms with van der Waals surface area (Å²) in [5.41, 5.74) is 8.41. The number of carbonyl (C=O) groups excluding carboxylic acids is 2. The van der Waals surface area contributed by atoms with Crippen LogP contribution in [0.5, 0.6) is 5.75 Å². The van der Waals surface area contributed by atoms with Gasteiger partial charge in [-0.1, -0.05) is 61.5 Å². The van der Waals surface area contributed by atoms with Crippen LogP contribution in [-0.2, 0) is 4.79 Å². The molecule has 1 unspecified atom stereocenters. The number of amides is 1. The van der Waals surface area contributed by atoms with Crippen LogP contribution in [0.3, 0.4) is 0 Å². The maximum Gasteiger partial charge on any atom is 0.269 e. The van der Waals surface area contributed by atoms with E-state index in [2.05, 4.69) is 4.98 Å². The second kappa shape index (κ2) is 7.75. The molecule has 2 N–H and O–H groups in total. The van der Waals surface area contributed by atoms with E-state index in [1.807, 2.05) is 49.4 Å². The van der Waals surface area contributed by atoms with Gasteiger partial charge in [-0.05, 0) is 29.7 Å². The molecule has 0 fully saturated rings. The number of pyridine rings is 1. The number of benzene rings is 2. The monoisotopic (exact) mass is 387 g/mol. The van der Waals surface area contributed by atoms with Gasteiger partial charge in [-0.3, -0.25) is 14.5 Å². The van der Waals surface area contributed by atoms with Crippen molar-refractivity contribution in [3.8, 4) is 16.9 Å². The van der Waals surface area contributed by atoms with Crippen molar-refractivity contribution in [3.63, 3.8) is 0 Å². The number of hydrogen-bond donors (Lipinski definition) is 1. The second-order valence-electron chi connectivity index (χ2n) is 6.86. The molecule has 0 saturated carbocycles. The summed E-state index contributed by atoms with van der Waals surface area (Å²) in [6.45, 7) is 1.74. The highest BCUT2D eigenvalue weighted by Crippen LogP contribution is 2.34. The normalized spacial score (nSPS) is 15.6. The van der Waals surface area contributed by atoms with Gasteiger partial charge >= 0.3 is 0 Å². The smallest absolute Gasteiger partial charge is 0.269 e. The van der Waals surface area contributed by atoms with Crippen LogP contribution in [0.2, 0.25) is 0 Å². The Morgan fingerprint density at radius 2 is 1.72 bits per heavy atom. The lowest BCUT2D eigenvalue weighted by atomic mass is 10.0. The Morgan fingerprint density at radius 3 is 2.41 bits per heavy atom. The van der Waals surface area contributed by atoms with Crippen molar-refractivity contribution in [2.45, 2.75) is 19.4 Å². The lowest BCUT2D eigenvalue weighted by Gasteiger charge is -2.32. The second-order valence-corrected chi connectivity index (χ2v) is 6.86. The Kier molecular flexibility index (Phi) is 4.99. The van der Waals surface area contributed by atoms with Crippen LogP contribution in [0.25, 0.3) is 11.1 Å². The third kappa shape index (κ3) is 3.69. The van der Waals surface area contributed by atoms with E-state index in [1.165, 1.54) is 4.90 Å². The fourth-order valence-electron chi connectivity index (χ4n) is 3.34. The van der Waals surface area contributed by atoms with Crippen LogP contribution in [0.1, 0.15) is 23.7 Å². The van der Waals surface area contributed by atoms with Crippen molar-refractivity contribution in [3.05, 3.63) is 72.3 Å². The lowest BCUT2D eigenvalue weighted by Crippen LogP contribution is -2.48. The van der Waals surface area contributed by atoms with Crippen LogP contribution < -0.4 is 15.4 Å². The molecule has 146 valence electrons. The molecule has 0 bridgehead atoms. The molecule has 0 saturated heterocycles. The van der Waals surface area contributed by atoms with Crippen molar-refractivity contribution in [1.29, 1.82) is 0 Å². The Labute approximate surface area is 168 Å². The number of nitrogen functional groups attached to an aromatic ring is 1. The van der Waals surface area contributed by atoms with E-state index >= 15 is 0 Å². The van der Waals surface area contributed by atoms with Gasteiger partial charge in [-0.25, -0.2) is 4.98 Å². The molecule has 1 atom stereocenters. The molecule has 1 amide bonds. The fourth-order valence-corrected chi connectivity index (χ4v) is 3.34. The molecular weight excluding hydrogens is 366 g/mol. The third-order valence-corrected chi connectivity index (χ3v) is 4.91. The van der Waals surface area contributed by atoms with Gasteiger partial charge in [0, 0.05) is 5.56 Å². The molecular formula is C23H21N3O3. The fraction of sp³-hybridized carbons (Fsp3) is 0.174. The summed E-state index contributed by atoms with van der Waals surface area (Å²) in [6.07, 6.45) is -0.139. The van der Waals surface area contributed by atoms with Crippen LogP contribution in [0.15, 0.2) is 66.7 Å². The Morgan fingerprint density at radius 1 is 1.03 bits per heavy atom. The number of aromatic nitrogens is 1. The first-order valence-corrected chi connectivity index (χ1v) is 9.50. The maximum absolute atomic E-state index is 12.9. The number of Topliss-reactive ketones (excluding diaryl/α,β-unsaturated/α-hetero) is 1. The zero-order valence-corrected chi connectivity index (χ0v) is 16.0. The van der Waals surface area contributed by atoms with Gasteiger partial charge in [0.25, 0.3) is 5.91 Å². The van der Waals surface area contributed by atoms with Gasteiger partial charge in [0.1, 0.15) is 5.82 Å². The maximum atomic E-state index is 12.9. The Bertz CT molecular complexity index is 1050. The Balaban J connectivity index is 1.59. The predicted molar refractivity (Wildman–Crippen MR) is 112 cm³/mol. The summed E-state index contributed by atoms with van der Waals surface area (Å²) < 4.78 is 5.71. The summed E-state index contributed by atoms with van der Waals surface area (Å²) in [4.78, 5) is 31.3. The number of ketones is 1. The lowest BCUT2D eigenvalue weighted by molar-refractivity contribution is -0.126. The number of nitrogens with two attached hydrogens (primary N) is 1. The van der Waals surface area contributed by atoms with Crippen molar-refractivity contribution >= 4 is 23.3 Å². The zero-order valence-electron chi connectivity index (χ0n) is 16.0. The SMILES string of the molecule is CCC1Oc2ccc(N)nc2N(CC(=O)c2ccc(-c3ccccc3)cc2)C1=O. The zero-order chi connectivity index (χ0) is 20.4. The molecule has 0 aliphatic carbocycles. The van der Waals surface area contributed by atoms with Crippen molar-refractivity contribution in [2.75, 3.05) is 17.2 Å². The molecule has 1 aromatic heterocycles. The minimum Gasteiger partial charge on any atom is -0.477 e. The van der Waals surface area contributed by atoms with Crippen LogP contribution in [0, 0.1) is 0 Å². The number of hydrogen-bond acceptors (Lipinski definition) is 5. The van der Waals surface area contributed by atoms with Gasteiger partial charge in [-0.2, -0.15) is 0 Å². The molecule has 2 heterocycles. The van der Waals surface area contributed by atoms with Crippen LogP contribution in [0.4, 0.5) is 11.6 Å². The molecule has 2 aromatic carbocycles. The first-order chi connectivity index (χ1) is 14.1. The Hall–Kier alpha value is -3.67. The van der Waals surface area contributed by atoms with Gasteiger partial charge < -0.3 is 10.5 Å². The summed E-state index contributed by atoms with van der Waals surface area (Å²) in [5, 5.41) is 0. The average molecular weight is 387 g/mol. The van der Waals surface area contributed by atoms with Gasteiger partial charge in [-0.15, -0.1) is 0 Å². The third-order valence-electron chi connectivity index (χ3n) is 4.91. The topological polar surface area (TPSA) is 85.5 Å². The highest BCUT2D eigenvalue weighted by Gasteiger charge is 2.35. The largest absolute Gasteiger partial charge is 0.477 e. The number of ether oxygens (including phenoxy) is 1. The van der Waals surface area contributed by atoms with E-state index in [1.54, 1.807) is 24.3 Å². The summed E-state index contributed by atoms with van der Waals surface area (Å²) in [5.74, 6) is 0.545. The molecule has 29 heavy (non-hydrogen) atoms. The van der Waals surface area contributed by atoms with Gasteiger partial charge in [0.05, 0.1) is 6.54 Å². The molecule has 0 spiro atoms. The molecule has 1 aliphatic heterocycles. The van der Waals surface area contributed by atoms with Gasteiger partial charge in [0.15, 0.2) is 23.5 Å². The molecule has 3 aromatic rings. The first-order valence-electron chi connectivity index (χ1n) is 9.50. The molecule has 4 rings (SSSR count). The van der Waals surface area contributed by atoms with E-state index in [0.717, 1.165) is 11.1 Å². The molecule has 0 radical (unpaired) electrons. The van der Waals surface area contributed by atoms with E-state index in [4.69, 9.17) is 10.5 Å². The number of fused-ring (bicyclic) bond motifs is 1.